The van der Waals surface area contributed by atoms with E-state index in [4.69, 9.17) is 5.73 Å². The number of carbonyl (C=O) groups excluding carboxylic acids is 2. The molecular formula is C15H12FN3O2. The van der Waals surface area contributed by atoms with Gasteiger partial charge in [0.05, 0.1) is 12.1 Å². The number of carbonyl (C=O) groups is 2. The minimum absolute atomic E-state index is 0.0181. The van der Waals surface area contributed by atoms with Crippen molar-refractivity contribution in [2.45, 2.75) is 6.42 Å². The van der Waals surface area contributed by atoms with Gasteiger partial charge in [0.1, 0.15) is 5.82 Å². The lowest BCUT2D eigenvalue weighted by atomic mass is 10.1. The SMILES string of the molecule is Nc1ccc(F)c(NC(=O)c2ccc3c(c2)NC(=O)C3)c1. The van der Waals surface area contributed by atoms with Gasteiger partial charge in [0.15, 0.2) is 0 Å². The Morgan fingerprint density at radius 2 is 2.05 bits per heavy atom. The van der Waals surface area contributed by atoms with Gasteiger partial charge >= 0.3 is 0 Å². The zero-order valence-electron chi connectivity index (χ0n) is 10.9. The van der Waals surface area contributed by atoms with E-state index in [0.29, 0.717) is 23.4 Å². The first kappa shape index (κ1) is 13.1. The standard InChI is InChI=1S/C15H12FN3O2/c16-11-4-3-10(17)7-13(11)19-15(21)9-2-1-8-6-14(20)18-12(8)5-9/h1-5,7H,6,17H2,(H,18,20)(H,19,21). The normalized spacial score (nSPS) is 12.7. The fourth-order valence-electron chi connectivity index (χ4n) is 2.19. The Balaban J connectivity index is 1.85. The molecule has 0 aliphatic carbocycles. The summed E-state index contributed by atoms with van der Waals surface area (Å²) in [6.07, 6.45) is 0.307. The van der Waals surface area contributed by atoms with Crippen LogP contribution < -0.4 is 16.4 Å². The highest BCUT2D eigenvalue weighted by atomic mass is 19.1. The van der Waals surface area contributed by atoms with Crippen molar-refractivity contribution in [2.24, 2.45) is 0 Å². The molecule has 1 heterocycles. The third-order valence-corrected chi connectivity index (χ3v) is 3.24. The molecule has 2 aromatic rings. The van der Waals surface area contributed by atoms with E-state index in [1.165, 1.54) is 18.2 Å². The number of anilines is 3. The number of nitrogens with one attached hydrogen (secondary N) is 2. The molecule has 0 saturated carbocycles. The van der Waals surface area contributed by atoms with Crippen LogP contribution in [0.15, 0.2) is 36.4 Å². The molecule has 0 bridgehead atoms. The molecule has 3 rings (SSSR count). The molecule has 0 aromatic heterocycles. The zero-order chi connectivity index (χ0) is 15.0. The molecule has 2 amide bonds. The van der Waals surface area contributed by atoms with Crippen molar-refractivity contribution in [3.63, 3.8) is 0 Å². The van der Waals surface area contributed by atoms with Gasteiger partial charge in [-0.3, -0.25) is 9.59 Å². The molecule has 0 atom stereocenters. The van der Waals surface area contributed by atoms with Crippen LogP contribution in [0.4, 0.5) is 21.5 Å². The van der Waals surface area contributed by atoms with Gasteiger partial charge in [0.25, 0.3) is 5.91 Å². The number of benzene rings is 2. The van der Waals surface area contributed by atoms with Crippen LogP contribution in [0, 0.1) is 5.82 Å². The average molecular weight is 285 g/mol. The highest BCUT2D eigenvalue weighted by Crippen LogP contribution is 2.25. The molecular weight excluding hydrogens is 273 g/mol. The van der Waals surface area contributed by atoms with Crippen molar-refractivity contribution < 1.29 is 14.0 Å². The third-order valence-electron chi connectivity index (χ3n) is 3.24. The number of hydrogen-bond acceptors (Lipinski definition) is 3. The summed E-state index contributed by atoms with van der Waals surface area (Å²) in [6.45, 7) is 0. The summed E-state index contributed by atoms with van der Waals surface area (Å²) in [5.74, 6) is -1.14. The summed E-state index contributed by atoms with van der Waals surface area (Å²) in [7, 11) is 0. The Hall–Kier alpha value is -2.89. The summed E-state index contributed by atoms with van der Waals surface area (Å²) in [5, 5.41) is 5.13. The summed E-state index contributed by atoms with van der Waals surface area (Å²) >= 11 is 0. The highest BCUT2D eigenvalue weighted by Gasteiger charge is 2.19. The minimum Gasteiger partial charge on any atom is -0.399 e. The molecule has 5 nitrogen and oxygen atoms in total. The van der Waals surface area contributed by atoms with Crippen LogP contribution in [0.2, 0.25) is 0 Å². The number of nitrogens with two attached hydrogens (primary N) is 1. The van der Waals surface area contributed by atoms with Crippen LogP contribution in [0.25, 0.3) is 0 Å². The number of fused-ring (bicyclic) bond motifs is 1. The van der Waals surface area contributed by atoms with Gasteiger partial charge in [-0.05, 0) is 35.9 Å². The van der Waals surface area contributed by atoms with Crippen molar-refractivity contribution >= 4 is 28.9 Å². The first-order valence-corrected chi connectivity index (χ1v) is 6.32. The second kappa shape index (κ2) is 4.90. The van der Waals surface area contributed by atoms with Crippen LogP contribution in [0.1, 0.15) is 15.9 Å². The van der Waals surface area contributed by atoms with Gasteiger partial charge in [-0.25, -0.2) is 4.39 Å². The first-order valence-electron chi connectivity index (χ1n) is 6.32. The van der Waals surface area contributed by atoms with E-state index in [1.807, 2.05) is 0 Å². The maximum Gasteiger partial charge on any atom is 0.255 e. The van der Waals surface area contributed by atoms with Crippen molar-refractivity contribution in [1.29, 1.82) is 0 Å². The highest BCUT2D eigenvalue weighted by molar-refractivity contribution is 6.07. The maximum atomic E-state index is 13.6. The quantitative estimate of drug-likeness (QED) is 0.739. The minimum atomic E-state index is -0.563. The van der Waals surface area contributed by atoms with Crippen LogP contribution in [-0.4, -0.2) is 11.8 Å². The van der Waals surface area contributed by atoms with Crippen molar-refractivity contribution in [2.75, 3.05) is 16.4 Å². The van der Waals surface area contributed by atoms with Gasteiger partial charge in [-0.1, -0.05) is 6.07 Å². The fraction of sp³-hybridized carbons (Fsp3) is 0.0667. The molecule has 21 heavy (non-hydrogen) atoms. The Kier molecular flexibility index (Phi) is 3.06. The summed E-state index contributed by atoms with van der Waals surface area (Å²) < 4.78 is 13.6. The van der Waals surface area contributed by atoms with Crippen LogP contribution in [-0.2, 0) is 11.2 Å². The van der Waals surface area contributed by atoms with E-state index in [9.17, 15) is 14.0 Å². The molecule has 0 spiro atoms. The smallest absolute Gasteiger partial charge is 0.255 e. The lowest BCUT2D eigenvalue weighted by Gasteiger charge is -2.08. The summed E-state index contributed by atoms with van der Waals surface area (Å²) in [5.41, 5.74) is 7.72. The molecule has 2 aromatic carbocycles. The lowest BCUT2D eigenvalue weighted by molar-refractivity contribution is -0.115. The molecule has 0 fully saturated rings. The maximum absolute atomic E-state index is 13.6. The number of halogens is 1. The average Bonchev–Trinajstić information content (AvgIpc) is 2.81. The Labute approximate surface area is 120 Å². The van der Waals surface area contributed by atoms with E-state index < -0.39 is 11.7 Å². The van der Waals surface area contributed by atoms with E-state index in [2.05, 4.69) is 10.6 Å². The van der Waals surface area contributed by atoms with Crippen LogP contribution in [0.3, 0.4) is 0 Å². The summed E-state index contributed by atoms with van der Waals surface area (Å²) in [4.78, 5) is 23.4. The van der Waals surface area contributed by atoms with E-state index in [1.54, 1.807) is 18.2 Å². The van der Waals surface area contributed by atoms with Gasteiger partial charge in [-0.2, -0.15) is 0 Å². The second-order valence-corrected chi connectivity index (χ2v) is 4.79. The van der Waals surface area contributed by atoms with Gasteiger partial charge in [0.2, 0.25) is 5.91 Å². The molecule has 0 saturated heterocycles. The topological polar surface area (TPSA) is 84.2 Å². The van der Waals surface area contributed by atoms with Crippen molar-refractivity contribution in [3.8, 4) is 0 Å². The zero-order valence-corrected chi connectivity index (χ0v) is 10.9. The predicted octanol–water partition coefficient (Wildman–Crippen LogP) is 2.15. The number of nitrogen functional groups attached to an aromatic ring is 1. The molecule has 0 radical (unpaired) electrons. The molecule has 4 N–H and O–H groups in total. The van der Waals surface area contributed by atoms with Gasteiger partial charge in [-0.15, -0.1) is 0 Å². The first-order chi connectivity index (χ1) is 10.0. The number of amides is 2. The Morgan fingerprint density at radius 3 is 2.86 bits per heavy atom. The monoisotopic (exact) mass is 285 g/mol. The predicted molar refractivity (Wildman–Crippen MR) is 77.5 cm³/mol. The Bertz CT molecular complexity index is 759. The van der Waals surface area contributed by atoms with Crippen molar-refractivity contribution in [1.82, 2.24) is 0 Å². The van der Waals surface area contributed by atoms with E-state index >= 15 is 0 Å². The summed E-state index contributed by atoms with van der Waals surface area (Å²) in [6, 6.07) is 8.82. The largest absolute Gasteiger partial charge is 0.399 e. The lowest BCUT2D eigenvalue weighted by Crippen LogP contribution is -2.13. The molecule has 0 unspecified atom stereocenters. The van der Waals surface area contributed by atoms with E-state index in [0.717, 1.165) is 5.56 Å². The third kappa shape index (κ3) is 2.55. The Morgan fingerprint density at radius 1 is 1.24 bits per heavy atom. The van der Waals surface area contributed by atoms with Gasteiger partial charge < -0.3 is 16.4 Å². The molecule has 6 heteroatoms. The van der Waals surface area contributed by atoms with Crippen LogP contribution in [0.5, 0.6) is 0 Å². The van der Waals surface area contributed by atoms with Crippen LogP contribution >= 0.6 is 0 Å². The van der Waals surface area contributed by atoms with Crippen molar-refractivity contribution in [3.05, 3.63) is 53.3 Å². The molecule has 1 aliphatic rings. The fourth-order valence-corrected chi connectivity index (χ4v) is 2.19. The molecule has 106 valence electrons. The second-order valence-electron chi connectivity index (χ2n) is 4.79. The molecule has 1 aliphatic heterocycles. The van der Waals surface area contributed by atoms with Gasteiger partial charge in [0, 0.05) is 16.9 Å². The number of hydrogen-bond donors (Lipinski definition) is 3. The van der Waals surface area contributed by atoms with E-state index in [-0.39, 0.29) is 11.6 Å². The number of rotatable bonds is 2.